The van der Waals surface area contributed by atoms with Gasteiger partial charge in [-0.15, -0.1) is 0 Å². The first-order valence-electron chi connectivity index (χ1n) is 10.5. The Balaban J connectivity index is 1.58. The number of rotatable bonds is 5. The van der Waals surface area contributed by atoms with E-state index in [1.54, 1.807) is 12.1 Å². The molecule has 4 rings (SSSR count). The molecule has 0 radical (unpaired) electrons. The first kappa shape index (κ1) is 21.8. The number of carbonyl (C=O) groups is 1. The molecule has 1 aromatic heterocycles. The lowest BCUT2D eigenvalue weighted by atomic mass is 9.95. The van der Waals surface area contributed by atoms with Crippen LogP contribution >= 0.6 is 0 Å². The number of furan rings is 1. The Labute approximate surface area is 181 Å². The number of aryl methyl sites for hydroxylation is 1. The SMILES string of the molecule is CC(=O)NC1C(Oc2cc(C)ccc2C(C)C)OC2COC(c3ccco3)OC2C1O. The van der Waals surface area contributed by atoms with E-state index in [9.17, 15) is 9.90 Å². The zero-order valence-corrected chi connectivity index (χ0v) is 18.1. The van der Waals surface area contributed by atoms with Crippen LogP contribution in [0.5, 0.6) is 5.75 Å². The minimum Gasteiger partial charge on any atom is -0.464 e. The number of hydrogen-bond donors (Lipinski definition) is 2. The van der Waals surface area contributed by atoms with Gasteiger partial charge in [0.15, 0.2) is 5.76 Å². The van der Waals surface area contributed by atoms with Crippen molar-refractivity contribution in [3.05, 3.63) is 53.5 Å². The van der Waals surface area contributed by atoms with E-state index >= 15 is 0 Å². The summed E-state index contributed by atoms with van der Waals surface area (Å²) in [4.78, 5) is 11.9. The van der Waals surface area contributed by atoms with E-state index in [0.717, 1.165) is 11.1 Å². The van der Waals surface area contributed by atoms with Crippen LogP contribution in [0.1, 0.15) is 49.9 Å². The second-order valence-corrected chi connectivity index (χ2v) is 8.36. The maximum Gasteiger partial charge on any atom is 0.223 e. The van der Waals surface area contributed by atoms with Crippen LogP contribution in [0.25, 0.3) is 0 Å². The second-order valence-electron chi connectivity index (χ2n) is 8.36. The Hall–Kier alpha value is -2.39. The first-order chi connectivity index (χ1) is 14.8. The van der Waals surface area contributed by atoms with Crippen molar-refractivity contribution in [3.63, 3.8) is 0 Å². The fourth-order valence-corrected chi connectivity index (χ4v) is 4.00. The average Bonchev–Trinajstić information content (AvgIpc) is 3.25. The highest BCUT2D eigenvalue weighted by atomic mass is 16.8. The number of carbonyl (C=O) groups excluding carboxylic acids is 1. The van der Waals surface area contributed by atoms with Crippen molar-refractivity contribution in [2.45, 2.75) is 70.5 Å². The van der Waals surface area contributed by atoms with Gasteiger partial charge in [0.2, 0.25) is 18.5 Å². The van der Waals surface area contributed by atoms with Crippen molar-refractivity contribution >= 4 is 5.91 Å². The summed E-state index contributed by atoms with van der Waals surface area (Å²) in [6.07, 6.45) is -2.49. The minimum atomic E-state index is -1.07. The first-order valence-corrected chi connectivity index (χ1v) is 10.5. The van der Waals surface area contributed by atoms with Crippen molar-refractivity contribution < 1.29 is 33.3 Å². The molecule has 31 heavy (non-hydrogen) atoms. The standard InChI is InChI=1S/C23H29NO7/c1-12(2)15-8-7-13(3)10-17(15)29-23-19(24-14(4)25)20(26)21-18(30-23)11-28-22(31-21)16-6-5-9-27-16/h5-10,12,18-23,26H,11H2,1-4H3,(H,24,25). The lowest BCUT2D eigenvalue weighted by Crippen LogP contribution is -2.67. The molecule has 8 heteroatoms. The molecule has 6 atom stereocenters. The van der Waals surface area contributed by atoms with Crippen LogP contribution in [-0.4, -0.2) is 48.3 Å². The predicted octanol–water partition coefficient (Wildman–Crippen LogP) is 2.79. The van der Waals surface area contributed by atoms with E-state index in [2.05, 4.69) is 19.2 Å². The molecule has 2 N–H and O–H groups in total. The molecule has 1 aromatic carbocycles. The van der Waals surface area contributed by atoms with Gasteiger partial charge in [-0.25, -0.2) is 0 Å². The summed E-state index contributed by atoms with van der Waals surface area (Å²) in [7, 11) is 0. The second kappa shape index (κ2) is 9.00. The third-order valence-corrected chi connectivity index (χ3v) is 5.55. The molecule has 0 saturated carbocycles. The van der Waals surface area contributed by atoms with E-state index < -0.39 is 36.9 Å². The fraction of sp³-hybridized carbons (Fsp3) is 0.522. The van der Waals surface area contributed by atoms with Gasteiger partial charge in [-0.2, -0.15) is 0 Å². The zero-order chi connectivity index (χ0) is 22.1. The maximum atomic E-state index is 11.9. The highest BCUT2D eigenvalue weighted by molar-refractivity contribution is 5.73. The van der Waals surface area contributed by atoms with E-state index in [1.165, 1.54) is 13.2 Å². The van der Waals surface area contributed by atoms with Gasteiger partial charge in [-0.3, -0.25) is 4.79 Å². The Morgan fingerprint density at radius 2 is 2.06 bits per heavy atom. The summed E-state index contributed by atoms with van der Waals surface area (Å²) < 4.78 is 29.4. The third-order valence-electron chi connectivity index (χ3n) is 5.55. The zero-order valence-electron chi connectivity index (χ0n) is 18.1. The largest absolute Gasteiger partial charge is 0.464 e. The van der Waals surface area contributed by atoms with Crippen LogP contribution in [0.2, 0.25) is 0 Å². The monoisotopic (exact) mass is 431 g/mol. The molecule has 0 bridgehead atoms. The van der Waals surface area contributed by atoms with Crippen molar-refractivity contribution in [2.75, 3.05) is 6.61 Å². The lowest BCUT2D eigenvalue weighted by molar-refractivity contribution is -0.336. The van der Waals surface area contributed by atoms with Crippen LogP contribution in [0.4, 0.5) is 0 Å². The molecule has 1 amide bonds. The Bertz CT molecular complexity index is 897. The summed E-state index contributed by atoms with van der Waals surface area (Å²) in [5.41, 5.74) is 2.05. The van der Waals surface area contributed by atoms with Gasteiger partial charge >= 0.3 is 0 Å². The molecule has 2 aliphatic heterocycles. The summed E-state index contributed by atoms with van der Waals surface area (Å²) >= 11 is 0. The van der Waals surface area contributed by atoms with E-state index in [1.807, 2.05) is 25.1 Å². The molecule has 8 nitrogen and oxygen atoms in total. The number of aliphatic hydroxyl groups is 1. The van der Waals surface area contributed by atoms with Crippen LogP contribution < -0.4 is 10.1 Å². The van der Waals surface area contributed by atoms with Gasteiger partial charge in [0.25, 0.3) is 0 Å². The molecule has 2 aromatic rings. The number of nitrogens with one attached hydrogen (secondary N) is 1. The number of benzene rings is 1. The fourth-order valence-electron chi connectivity index (χ4n) is 4.00. The average molecular weight is 431 g/mol. The molecule has 0 spiro atoms. The van der Waals surface area contributed by atoms with Gasteiger partial charge < -0.3 is 33.8 Å². The highest BCUT2D eigenvalue weighted by Crippen LogP contribution is 2.36. The molecule has 2 saturated heterocycles. The molecule has 2 aliphatic rings. The van der Waals surface area contributed by atoms with Gasteiger partial charge in [0.05, 0.1) is 12.9 Å². The van der Waals surface area contributed by atoms with Crippen LogP contribution in [0.15, 0.2) is 41.0 Å². The molecule has 3 heterocycles. The molecule has 6 unspecified atom stereocenters. The summed E-state index contributed by atoms with van der Waals surface area (Å²) in [5, 5.41) is 13.9. The number of aliphatic hydroxyl groups excluding tert-OH is 1. The van der Waals surface area contributed by atoms with E-state index in [0.29, 0.717) is 11.5 Å². The number of fused-ring (bicyclic) bond motifs is 1. The minimum absolute atomic E-state index is 0.185. The summed E-state index contributed by atoms with van der Waals surface area (Å²) in [6, 6.07) is 8.63. The Kier molecular flexibility index (Phi) is 6.34. The number of hydrogen-bond acceptors (Lipinski definition) is 7. The summed E-state index contributed by atoms with van der Waals surface area (Å²) in [5.74, 6) is 1.09. The summed E-state index contributed by atoms with van der Waals surface area (Å²) in [6.45, 7) is 7.70. The Morgan fingerprint density at radius 1 is 1.26 bits per heavy atom. The maximum absolute atomic E-state index is 11.9. The van der Waals surface area contributed by atoms with Gasteiger partial charge in [-0.1, -0.05) is 26.0 Å². The highest BCUT2D eigenvalue weighted by Gasteiger charge is 2.51. The van der Waals surface area contributed by atoms with Crippen LogP contribution in [0, 0.1) is 6.92 Å². The number of amides is 1. The van der Waals surface area contributed by atoms with E-state index in [-0.39, 0.29) is 18.4 Å². The smallest absolute Gasteiger partial charge is 0.223 e. The molecule has 168 valence electrons. The Morgan fingerprint density at radius 3 is 2.74 bits per heavy atom. The van der Waals surface area contributed by atoms with Crippen LogP contribution in [-0.2, 0) is 19.0 Å². The van der Waals surface area contributed by atoms with Crippen molar-refractivity contribution in [1.82, 2.24) is 5.32 Å². The van der Waals surface area contributed by atoms with Gasteiger partial charge in [0.1, 0.15) is 30.1 Å². The van der Waals surface area contributed by atoms with E-state index in [4.69, 9.17) is 23.4 Å². The molecular formula is C23H29NO7. The van der Waals surface area contributed by atoms with Crippen molar-refractivity contribution in [1.29, 1.82) is 0 Å². The number of ether oxygens (including phenoxy) is 4. The van der Waals surface area contributed by atoms with Crippen LogP contribution in [0.3, 0.4) is 0 Å². The predicted molar refractivity (Wildman–Crippen MR) is 110 cm³/mol. The van der Waals surface area contributed by atoms with Gasteiger partial charge in [-0.05, 0) is 42.2 Å². The van der Waals surface area contributed by atoms with Crippen molar-refractivity contribution in [3.8, 4) is 5.75 Å². The lowest BCUT2D eigenvalue weighted by Gasteiger charge is -2.47. The molecular weight excluding hydrogens is 402 g/mol. The third kappa shape index (κ3) is 4.62. The van der Waals surface area contributed by atoms with Crippen molar-refractivity contribution in [2.24, 2.45) is 0 Å². The normalized spacial score (nSPS) is 30.6. The topological polar surface area (TPSA) is 99.4 Å². The molecule has 0 aliphatic carbocycles. The van der Waals surface area contributed by atoms with Gasteiger partial charge in [0, 0.05) is 6.92 Å². The molecule has 2 fully saturated rings. The quantitative estimate of drug-likeness (QED) is 0.751.